The topological polar surface area (TPSA) is 53.4 Å². The summed E-state index contributed by atoms with van der Waals surface area (Å²) >= 11 is 1.63. The Balaban J connectivity index is 1.78. The maximum Gasteiger partial charge on any atom is 0.229 e. The minimum absolute atomic E-state index is 0.0278. The normalized spacial score (nSPS) is 17.3. The molecule has 3 rings (SSSR count). The molecule has 21 heavy (non-hydrogen) atoms. The first-order valence-corrected chi connectivity index (χ1v) is 8.15. The SMILES string of the molecule is Cc1nc2ccc(N(C)C(=O)CC3(O)CCCC3)cc2s1. The van der Waals surface area contributed by atoms with Crippen molar-refractivity contribution in [3.8, 4) is 0 Å². The number of rotatable bonds is 3. The average molecular weight is 304 g/mol. The van der Waals surface area contributed by atoms with E-state index in [1.54, 1.807) is 23.3 Å². The zero-order valence-electron chi connectivity index (χ0n) is 12.4. The molecule has 0 radical (unpaired) electrons. The molecule has 4 nitrogen and oxygen atoms in total. The van der Waals surface area contributed by atoms with Gasteiger partial charge in [0.1, 0.15) is 0 Å². The number of benzene rings is 1. The number of carbonyl (C=O) groups excluding carboxylic acids is 1. The lowest BCUT2D eigenvalue weighted by Crippen LogP contribution is -2.35. The van der Waals surface area contributed by atoms with Gasteiger partial charge in [-0.1, -0.05) is 12.8 Å². The fourth-order valence-electron chi connectivity index (χ4n) is 2.99. The molecule has 1 aliphatic carbocycles. The summed E-state index contributed by atoms with van der Waals surface area (Å²) in [5.74, 6) is -0.0278. The molecule has 1 N–H and O–H groups in total. The molecule has 1 amide bonds. The monoisotopic (exact) mass is 304 g/mol. The minimum atomic E-state index is -0.795. The number of thiazole rings is 1. The Morgan fingerprint density at radius 3 is 2.86 bits per heavy atom. The highest BCUT2D eigenvalue weighted by atomic mass is 32.1. The van der Waals surface area contributed by atoms with E-state index >= 15 is 0 Å². The third kappa shape index (κ3) is 2.94. The van der Waals surface area contributed by atoms with Crippen molar-refractivity contribution in [1.82, 2.24) is 4.98 Å². The van der Waals surface area contributed by atoms with Gasteiger partial charge in [0.25, 0.3) is 0 Å². The quantitative estimate of drug-likeness (QED) is 0.947. The second kappa shape index (κ2) is 5.39. The van der Waals surface area contributed by atoms with Crippen molar-refractivity contribution in [1.29, 1.82) is 0 Å². The summed E-state index contributed by atoms with van der Waals surface area (Å²) in [6.07, 6.45) is 3.71. The fourth-order valence-corrected chi connectivity index (χ4v) is 3.85. The first-order valence-electron chi connectivity index (χ1n) is 7.33. The van der Waals surface area contributed by atoms with E-state index < -0.39 is 5.60 Å². The number of aromatic nitrogens is 1. The lowest BCUT2D eigenvalue weighted by Gasteiger charge is -2.25. The molecule has 0 bridgehead atoms. The van der Waals surface area contributed by atoms with Gasteiger partial charge in [0, 0.05) is 12.7 Å². The summed E-state index contributed by atoms with van der Waals surface area (Å²) in [5, 5.41) is 11.4. The van der Waals surface area contributed by atoms with Gasteiger partial charge in [0.05, 0.1) is 27.2 Å². The maximum absolute atomic E-state index is 12.4. The van der Waals surface area contributed by atoms with Crippen molar-refractivity contribution in [2.24, 2.45) is 0 Å². The molecule has 1 aromatic carbocycles. The van der Waals surface area contributed by atoms with E-state index in [1.807, 2.05) is 25.1 Å². The van der Waals surface area contributed by atoms with E-state index in [2.05, 4.69) is 4.98 Å². The predicted octanol–water partition coefficient (Wildman–Crippen LogP) is 3.26. The Kier molecular flexibility index (Phi) is 3.71. The Morgan fingerprint density at radius 2 is 2.14 bits per heavy atom. The van der Waals surface area contributed by atoms with Crippen molar-refractivity contribution in [3.05, 3.63) is 23.2 Å². The molecule has 1 heterocycles. The van der Waals surface area contributed by atoms with Gasteiger partial charge in [0.2, 0.25) is 5.91 Å². The summed E-state index contributed by atoms with van der Waals surface area (Å²) in [4.78, 5) is 18.5. The molecular formula is C16H20N2O2S. The van der Waals surface area contributed by atoms with Crippen LogP contribution in [0.5, 0.6) is 0 Å². The van der Waals surface area contributed by atoms with Crippen LogP contribution < -0.4 is 4.90 Å². The number of aryl methyl sites for hydroxylation is 1. The van der Waals surface area contributed by atoms with Gasteiger partial charge >= 0.3 is 0 Å². The first kappa shape index (κ1) is 14.5. The molecule has 0 spiro atoms. The summed E-state index contributed by atoms with van der Waals surface area (Å²) in [6, 6.07) is 5.86. The molecule has 1 saturated carbocycles. The number of aliphatic hydroxyl groups is 1. The minimum Gasteiger partial charge on any atom is -0.389 e. The van der Waals surface area contributed by atoms with Crippen LogP contribution in [0.4, 0.5) is 5.69 Å². The van der Waals surface area contributed by atoms with E-state index in [-0.39, 0.29) is 12.3 Å². The molecular weight excluding hydrogens is 284 g/mol. The highest BCUT2D eigenvalue weighted by Crippen LogP contribution is 2.33. The van der Waals surface area contributed by atoms with Gasteiger partial charge in [-0.25, -0.2) is 4.98 Å². The van der Waals surface area contributed by atoms with E-state index in [0.29, 0.717) is 0 Å². The van der Waals surface area contributed by atoms with E-state index in [9.17, 15) is 9.90 Å². The average Bonchev–Trinajstić information content (AvgIpc) is 3.01. The van der Waals surface area contributed by atoms with Gasteiger partial charge in [0.15, 0.2) is 0 Å². The Bertz CT molecular complexity index is 674. The Hall–Kier alpha value is -1.46. The zero-order chi connectivity index (χ0) is 15.0. The van der Waals surface area contributed by atoms with Crippen LogP contribution in [-0.2, 0) is 4.79 Å². The molecule has 0 saturated heterocycles. The van der Waals surface area contributed by atoms with Crippen LogP contribution in [0.3, 0.4) is 0 Å². The third-order valence-corrected chi connectivity index (χ3v) is 5.19. The molecule has 2 aromatic rings. The summed E-state index contributed by atoms with van der Waals surface area (Å²) in [6.45, 7) is 1.98. The summed E-state index contributed by atoms with van der Waals surface area (Å²) in [5.41, 5.74) is 1.03. The number of carbonyl (C=O) groups is 1. The van der Waals surface area contributed by atoms with Crippen molar-refractivity contribution >= 4 is 33.1 Å². The molecule has 1 aromatic heterocycles. The van der Waals surface area contributed by atoms with Crippen LogP contribution in [0.1, 0.15) is 37.1 Å². The van der Waals surface area contributed by atoms with Crippen molar-refractivity contribution < 1.29 is 9.90 Å². The largest absolute Gasteiger partial charge is 0.389 e. The number of fused-ring (bicyclic) bond motifs is 1. The van der Waals surface area contributed by atoms with Gasteiger partial charge in [-0.3, -0.25) is 4.79 Å². The molecule has 5 heteroatoms. The number of hydrogen-bond acceptors (Lipinski definition) is 4. The number of anilines is 1. The van der Waals surface area contributed by atoms with Gasteiger partial charge in [-0.2, -0.15) is 0 Å². The van der Waals surface area contributed by atoms with E-state index in [0.717, 1.165) is 46.6 Å². The molecule has 112 valence electrons. The number of amides is 1. The first-order chi connectivity index (χ1) is 9.97. The number of nitrogens with zero attached hydrogens (tertiary/aromatic N) is 2. The van der Waals surface area contributed by atoms with Gasteiger partial charge < -0.3 is 10.0 Å². The predicted molar refractivity (Wildman–Crippen MR) is 85.8 cm³/mol. The number of hydrogen-bond donors (Lipinski definition) is 1. The highest BCUT2D eigenvalue weighted by molar-refractivity contribution is 7.18. The van der Waals surface area contributed by atoms with Crippen LogP contribution in [0.25, 0.3) is 10.2 Å². The van der Waals surface area contributed by atoms with E-state index in [4.69, 9.17) is 0 Å². The second-order valence-electron chi connectivity index (χ2n) is 5.95. The molecule has 1 fully saturated rings. The van der Waals surface area contributed by atoms with Crippen LogP contribution in [0, 0.1) is 6.92 Å². The molecule has 0 unspecified atom stereocenters. The second-order valence-corrected chi connectivity index (χ2v) is 7.18. The Morgan fingerprint density at radius 1 is 1.43 bits per heavy atom. The highest BCUT2D eigenvalue weighted by Gasteiger charge is 2.34. The lowest BCUT2D eigenvalue weighted by molar-refractivity contribution is -0.123. The summed E-state index contributed by atoms with van der Waals surface area (Å²) < 4.78 is 1.09. The van der Waals surface area contributed by atoms with Crippen LogP contribution in [0.2, 0.25) is 0 Å². The van der Waals surface area contributed by atoms with Crippen molar-refractivity contribution in [2.75, 3.05) is 11.9 Å². The van der Waals surface area contributed by atoms with Gasteiger partial charge in [-0.05, 0) is 38.0 Å². The smallest absolute Gasteiger partial charge is 0.229 e. The third-order valence-electron chi connectivity index (χ3n) is 4.25. The van der Waals surface area contributed by atoms with E-state index in [1.165, 1.54) is 0 Å². The van der Waals surface area contributed by atoms with Crippen molar-refractivity contribution in [2.45, 2.75) is 44.6 Å². The van der Waals surface area contributed by atoms with Crippen LogP contribution in [-0.4, -0.2) is 28.6 Å². The Labute approximate surface area is 128 Å². The summed E-state index contributed by atoms with van der Waals surface area (Å²) in [7, 11) is 1.77. The lowest BCUT2D eigenvalue weighted by atomic mass is 9.97. The van der Waals surface area contributed by atoms with Crippen molar-refractivity contribution in [3.63, 3.8) is 0 Å². The molecule has 0 aliphatic heterocycles. The molecule has 0 atom stereocenters. The van der Waals surface area contributed by atoms with Crippen LogP contribution in [0.15, 0.2) is 18.2 Å². The van der Waals surface area contributed by atoms with Crippen LogP contribution >= 0.6 is 11.3 Å². The fraction of sp³-hybridized carbons (Fsp3) is 0.500. The zero-order valence-corrected chi connectivity index (χ0v) is 13.2. The molecule has 1 aliphatic rings. The van der Waals surface area contributed by atoms with Gasteiger partial charge in [-0.15, -0.1) is 11.3 Å². The maximum atomic E-state index is 12.4. The standard InChI is InChI=1S/C16H20N2O2S/c1-11-17-13-6-5-12(9-14(13)21-11)18(2)15(19)10-16(20)7-3-4-8-16/h5-6,9,20H,3-4,7-8,10H2,1-2H3.